The maximum absolute atomic E-state index is 13.1. The Bertz CT molecular complexity index is 741. The summed E-state index contributed by atoms with van der Waals surface area (Å²) in [4.78, 5) is 29.0. The fraction of sp³-hybridized carbons (Fsp3) is 0.474. The number of hydrogen-bond donors (Lipinski definition) is 1. The van der Waals surface area contributed by atoms with Gasteiger partial charge in [0.15, 0.2) is 0 Å². The Morgan fingerprint density at radius 3 is 2.60 bits per heavy atom. The molecule has 25 heavy (non-hydrogen) atoms. The molecule has 6 nitrogen and oxygen atoms in total. The number of nitrogens with zero attached hydrogens (tertiary/aromatic N) is 2. The number of carbonyl (C=O) groups is 2. The molecule has 134 valence electrons. The average Bonchev–Trinajstić information content (AvgIpc) is 2.95. The van der Waals surface area contributed by atoms with Crippen LogP contribution < -0.4 is 10.1 Å². The van der Waals surface area contributed by atoms with Gasteiger partial charge in [-0.25, -0.2) is 4.79 Å². The number of hydrogen-bond acceptors (Lipinski definition) is 3. The lowest BCUT2D eigenvalue weighted by Gasteiger charge is -2.31. The Hall–Kier alpha value is -2.50. The van der Waals surface area contributed by atoms with Crippen LogP contribution in [0, 0.1) is 5.92 Å². The van der Waals surface area contributed by atoms with Gasteiger partial charge in [0.1, 0.15) is 5.75 Å². The highest BCUT2D eigenvalue weighted by atomic mass is 16.5. The molecule has 0 fully saturated rings. The molecular formula is C19H25N3O3. The zero-order valence-electron chi connectivity index (χ0n) is 15.4. The second-order valence-electron chi connectivity index (χ2n) is 7.00. The van der Waals surface area contributed by atoms with Crippen molar-refractivity contribution in [3.8, 4) is 5.75 Å². The first kappa shape index (κ1) is 17.3. The van der Waals surface area contributed by atoms with Gasteiger partial charge in [-0.15, -0.1) is 0 Å². The monoisotopic (exact) mass is 343 g/mol. The van der Waals surface area contributed by atoms with Gasteiger partial charge in [0.25, 0.3) is 5.91 Å². The molecule has 0 bridgehead atoms. The maximum Gasteiger partial charge on any atom is 0.322 e. The second-order valence-corrected chi connectivity index (χ2v) is 7.00. The summed E-state index contributed by atoms with van der Waals surface area (Å²) in [6, 6.07) is 6.94. The van der Waals surface area contributed by atoms with E-state index in [1.165, 1.54) is 0 Å². The predicted octanol–water partition coefficient (Wildman–Crippen LogP) is 2.53. The molecule has 1 N–H and O–H groups in total. The molecule has 3 rings (SSSR count). The standard InChI is InChI=1S/C19H25N3O3/c1-11(2)12(3)22-10-15-16(18(22)23)17(20-19(24)21(15)4)13-7-6-8-14(9-13)25-5/h6-9,11-12,17H,10H2,1-5H3,(H,20,24)/t12-,17+/m0/s1. The molecule has 0 unspecified atom stereocenters. The third-order valence-electron chi connectivity index (χ3n) is 5.27. The number of likely N-dealkylation sites (N-methyl/N-ethyl adjacent to an activating group) is 1. The molecule has 2 atom stereocenters. The van der Waals surface area contributed by atoms with E-state index in [0.29, 0.717) is 23.8 Å². The van der Waals surface area contributed by atoms with Crippen molar-refractivity contribution in [3.63, 3.8) is 0 Å². The van der Waals surface area contributed by atoms with Crippen LogP contribution in [0.2, 0.25) is 0 Å². The van der Waals surface area contributed by atoms with Crippen molar-refractivity contribution in [2.45, 2.75) is 32.9 Å². The fourth-order valence-electron chi connectivity index (χ4n) is 3.35. The molecule has 0 saturated carbocycles. The summed E-state index contributed by atoms with van der Waals surface area (Å²) in [5, 5.41) is 2.95. The third-order valence-corrected chi connectivity index (χ3v) is 5.27. The van der Waals surface area contributed by atoms with Gasteiger partial charge in [0.05, 0.1) is 31.0 Å². The number of amides is 3. The van der Waals surface area contributed by atoms with Crippen molar-refractivity contribution in [1.82, 2.24) is 15.1 Å². The molecule has 1 aromatic carbocycles. The molecular weight excluding hydrogens is 318 g/mol. The Morgan fingerprint density at radius 2 is 1.96 bits per heavy atom. The zero-order valence-corrected chi connectivity index (χ0v) is 15.4. The molecule has 2 aliphatic heterocycles. The van der Waals surface area contributed by atoms with Crippen LogP contribution in [0.3, 0.4) is 0 Å². The van der Waals surface area contributed by atoms with Crippen molar-refractivity contribution in [2.24, 2.45) is 5.92 Å². The highest BCUT2D eigenvalue weighted by Crippen LogP contribution is 2.37. The maximum atomic E-state index is 13.1. The van der Waals surface area contributed by atoms with Crippen LogP contribution in [0.1, 0.15) is 32.4 Å². The zero-order chi connectivity index (χ0) is 18.3. The minimum absolute atomic E-state index is 0.00382. The van der Waals surface area contributed by atoms with Gasteiger partial charge < -0.3 is 15.0 Å². The van der Waals surface area contributed by atoms with Crippen LogP contribution in [-0.2, 0) is 4.79 Å². The Morgan fingerprint density at radius 1 is 1.24 bits per heavy atom. The Kier molecular flexibility index (Phi) is 4.45. The van der Waals surface area contributed by atoms with E-state index in [0.717, 1.165) is 11.3 Å². The van der Waals surface area contributed by atoms with Gasteiger partial charge in [-0.05, 0) is 30.5 Å². The van der Waals surface area contributed by atoms with E-state index in [1.807, 2.05) is 29.2 Å². The summed E-state index contributed by atoms with van der Waals surface area (Å²) in [6.07, 6.45) is 0. The first-order valence-corrected chi connectivity index (χ1v) is 8.57. The summed E-state index contributed by atoms with van der Waals surface area (Å²) >= 11 is 0. The fourth-order valence-corrected chi connectivity index (χ4v) is 3.35. The molecule has 0 spiro atoms. The van der Waals surface area contributed by atoms with Crippen LogP contribution in [0.5, 0.6) is 5.75 Å². The number of nitrogens with one attached hydrogen (secondary N) is 1. The van der Waals surface area contributed by atoms with Crippen molar-refractivity contribution in [1.29, 1.82) is 0 Å². The minimum Gasteiger partial charge on any atom is -0.497 e. The second kappa shape index (κ2) is 6.43. The molecule has 0 aliphatic carbocycles. The SMILES string of the molecule is COc1cccc([C@H]2NC(=O)N(C)C3=C2C(=O)N([C@@H](C)C(C)C)C3)c1. The molecule has 6 heteroatoms. The van der Waals surface area contributed by atoms with Crippen molar-refractivity contribution >= 4 is 11.9 Å². The van der Waals surface area contributed by atoms with E-state index < -0.39 is 6.04 Å². The molecule has 2 aliphatic rings. The number of rotatable bonds is 4. The Labute approximate surface area is 148 Å². The number of benzene rings is 1. The Balaban J connectivity index is 2.03. The van der Waals surface area contributed by atoms with Gasteiger partial charge in [0, 0.05) is 13.1 Å². The average molecular weight is 343 g/mol. The topological polar surface area (TPSA) is 61.9 Å². The predicted molar refractivity (Wildman–Crippen MR) is 95.1 cm³/mol. The number of methoxy groups -OCH3 is 1. The number of carbonyl (C=O) groups excluding carboxylic acids is 2. The lowest BCUT2D eigenvalue weighted by atomic mass is 9.95. The minimum atomic E-state index is -0.453. The summed E-state index contributed by atoms with van der Waals surface area (Å²) in [6.45, 7) is 6.72. The van der Waals surface area contributed by atoms with Crippen molar-refractivity contribution in [2.75, 3.05) is 20.7 Å². The largest absolute Gasteiger partial charge is 0.497 e. The lowest BCUT2D eigenvalue weighted by Crippen LogP contribution is -2.45. The van der Waals surface area contributed by atoms with Gasteiger partial charge in [-0.3, -0.25) is 9.69 Å². The number of ether oxygens (including phenoxy) is 1. The van der Waals surface area contributed by atoms with E-state index in [1.54, 1.807) is 19.1 Å². The quantitative estimate of drug-likeness (QED) is 0.914. The van der Waals surface area contributed by atoms with E-state index in [2.05, 4.69) is 26.1 Å². The molecule has 0 saturated heterocycles. The van der Waals surface area contributed by atoms with E-state index in [4.69, 9.17) is 4.74 Å². The molecule has 3 amide bonds. The first-order valence-electron chi connectivity index (χ1n) is 8.57. The highest BCUT2D eigenvalue weighted by molar-refractivity contribution is 6.01. The first-order chi connectivity index (χ1) is 11.8. The van der Waals surface area contributed by atoms with E-state index in [-0.39, 0.29) is 18.0 Å². The molecule has 1 aromatic rings. The summed E-state index contributed by atoms with van der Waals surface area (Å²) in [7, 11) is 3.31. The van der Waals surface area contributed by atoms with Crippen molar-refractivity contribution < 1.29 is 14.3 Å². The smallest absolute Gasteiger partial charge is 0.322 e. The number of urea groups is 1. The van der Waals surface area contributed by atoms with Crippen LogP contribution in [0.4, 0.5) is 4.79 Å². The highest BCUT2D eigenvalue weighted by Gasteiger charge is 2.44. The van der Waals surface area contributed by atoms with Crippen LogP contribution >= 0.6 is 0 Å². The normalized spacial score (nSPS) is 21.6. The molecule has 0 radical (unpaired) electrons. The third kappa shape index (κ3) is 2.86. The lowest BCUT2D eigenvalue weighted by molar-refractivity contribution is -0.128. The van der Waals surface area contributed by atoms with E-state index in [9.17, 15) is 9.59 Å². The molecule has 2 heterocycles. The van der Waals surface area contributed by atoms with Gasteiger partial charge in [-0.2, -0.15) is 0 Å². The van der Waals surface area contributed by atoms with Crippen molar-refractivity contribution in [3.05, 3.63) is 41.1 Å². The van der Waals surface area contributed by atoms with Crippen LogP contribution in [0.15, 0.2) is 35.5 Å². The summed E-state index contributed by atoms with van der Waals surface area (Å²) < 4.78 is 5.29. The molecule has 0 aromatic heterocycles. The van der Waals surface area contributed by atoms with Gasteiger partial charge >= 0.3 is 6.03 Å². The van der Waals surface area contributed by atoms with Crippen LogP contribution in [0.25, 0.3) is 0 Å². The summed E-state index contributed by atoms with van der Waals surface area (Å²) in [5.74, 6) is 1.04. The van der Waals surface area contributed by atoms with Gasteiger partial charge in [0.2, 0.25) is 0 Å². The van der Waals surface area contributed by atoms with Gasteiger partial charge in [-0.1, -0.05) is 26.0 Å². The summed E-state index contributed by atoms with van der Waals surface area (Å²) in [5.41, 5.74) is 2.29. The van der Waals surface area contributed by atoms with E-state index >= 15 is 0 Å². The van der Waals surface area contributed by atoms with Crippen LogP contribution in [-0.4, -0.2) is 48.5 Å².